The van der Waals surface area contributed by atoms with Crippen molar-refractivity contribution in [3.05, 3.63) is 53.1 Å². The molecule has 0 saturated heterocycles. The maximum Gasteiger partial charge on any atom is 0.271 e. The van der Waals surface area contributed by atoms with E-state index in [4.69, 9.17) is 14.2 Å². The number of nitrogens with zero attached hydrogens (tertiary/aromatic N) is 1. The van der Waals surface area contributed by atoms with Crippen LogP contribution in [0.25, 0.3) is 0 Å². The van der Waals surface area contributed by atoms with Crippen LogP contribution in [0.3, 0.4) is 0 Å². The zero-order chi connectivity index (χ0) is 19.6. The highest BCUT2D eigenvalue weighted by atomic mass is 16.5. The Morgan fingerprint density at radius 1 is 0.963 bits per heavy atom. The Hall–Kier alpha value is -3.02. The van der Waals surface area contributed by atoms with Crippen molar-refractivity contribution >= 4 is 12.1 Å². The second-order valence-corrected chi connectivity index (χ2v) is 5.71. The van der Waals surface area contributed by atoms with E-state index in [9.17, 15) is 4.79 Å². The molecule has 1 N–H and O–H groups in total. The number of ether oxygens (including phenoxy) is 3. The van der Waals surface area contributed by atoms with E-state index in [0.29, 0.717) is 42.6 Å². The van der Waals surface area contributed by atoms with Gasteiger partial charge in [-0.3, -0.25) is 4.79 Å². The summed E-state index contributed by atoms with van der Waals surface area (Å²) < 4.78 is 16.9. The highest BCUT2D eigenvalue weighted by Gasteiger charge is 2.18. The molecule has 27 heavy (non-hydrogen) atoms. The molecule has 2 aromatic carbocycles. The van der Waals surface area contributed by atoms with Gasteiger partial charge in [-0.25, -0.2) is 5.43 Å². The number of benzene rings is 2. The molecule has 0 fully saturated rings. The lowest BCUT2D eigenvalue weighted by Gasteiger charge is -2.16. The monoisotopic (exact) mass is 370 g/mol. The summed E-state index contributed by atoms with van der Waals surface area (Å²) in [5, 5.41) is 4.02. The van der Waals surface area contributed by atoms with E-state index in [1.54, 1.807) is 18.3 Å². The molecular formula is C21H26N2O4. The quantitative estimate of drug-likeness (QED) is 0.536. The maximum atomic E-state index is 12.5. The zero-order valence-electron chi connectivity index (χ0n) is 16.2. The third kappa shape index (κ3) is 5.74. The molecule has 0 aliphatic heterocycles. The molecule has 0 aliphatic carbocycles. The lowest BCUT2D eigenvalue weighted by Crippen LogP contribution is -2.18. The third-order valence-electron chi connectivity index (χ3n) is 3.63. The minimum atomic E-state index is -0.358. The molecule has 1 amide bonds. The Labute approximate surface area is 160 Å². The summed E-state index contributed by atoms with van der Waals surface area (Å²) in [6, 6.07) is 11.1. The van der Waals surface area contributed by atoms with Gasteiger partial charge in [-0.15, -0.1) is 0 Å². The van der Waals surface area contributed by atoms with Crippen molar-refractivity contribution in [2.24, 2.45) is 5.10 Å². The molecule has 0 spiro atoms. The lowest BCUT2D eigenvalue weighted by atomic mass is 10.1. The molecule has 0 aliphatic rings. The summed E-state index contributed by atoms with van der Waals surface area (Å²) in [5.74, 6) is 1.08. The maximum absolute atomic E-state index is 12.5. The molecule has 0 bridgehead atoms. The summed E-state index contributed by atoms with van der Waals surface area (Å²) in [6.07, 6.45) is 1.60. The molecule has 0 heterocycles. The molecule has 6 nitrogen and oxygen atoms in total. The number of amides is 1. The van der Waals surface area contributed by atoms with Gasteiger partial charge >= 0.3 is 0 Å². The molecule has 6 heteroatoms. The van der Waals surface area contributed by atoms with Crippen LogP contribution in [0.4, 0.5) is 0 Å². The van der Waals surface area contributed by atoms with Gasteiger partial charge < -0.3 is 14.2 Å². The van der Waals surface area contributed by atoms with E-state index in [2.05, 4.69) is 10.5 Å². The second-order valence-electron chi connectivity index (χ2n) is 5.71. The number of rotatable bonds is 9. The van der Waals surface area contributed by atoms with Crippen LogP contribution in [-0.4, -0.2) is 31.9 Å². The molecule has 2 aromatic rings. The van der Waals surface area contributed by atoms with Gasteiger partial charge in [0.25, 0.3) is 5.91 Å². The second kappa shape index (κ2) is 10.2. The van der Waals surface area contributed by atoms with Crippen LogP contribution in [0.2, 0.25) is 0 Å². The van der Waals surface area contributed by atoms with Crippen LogP contribution in [0.1, 0.15) is 42.3 Å². The van der Waals surface area contributed by atoms with Crippen LogP contribution in [-0.2, 0) is 0 Å². The summed E-state index contributed by atoms with van der Waals surface area (Å²) >= 11 is 0. The number of nitrogens with one attached hydrogen (secondary N) is 1. The standard InChI is InChI=1S/C21H26N2O4/c1-5-25-18-12-17(13-19(26-6-2)20(18)27-7-3)21(24)23-22-14-16-10-8-15(4)9-11-16/h8-14H,5-7H2,1-4H3,(H,23,24)/b22-14+. The minimum Gasteiger partial charge on any atom is -0.490 e. The van der Waals surface area contributed by atoms with E-state index < -0.39 is 0 Å². The largest absolute Gasteiger partial charge is 0.490 e. The molecule has 2 rings (SSSR count). The van der Waals surface area contributed by atoms with Gasteiger partial charge in [-0.05, 0) is 45.4 Å². The highest BCUT2D eigenvalue weighted by Crippen LogP contribution is 2.39. The van der Waals surface area contributed by atoms with E-state index in [-0.39, 0.29) is 5.91 Å². The van der Waals surface area contributed by atoms with Gasteiger partial charge in [-0.1, -0.05) is 29.8 Å². The topological polar surface area (TPSA) is 69.2 Å². The zero-order valence-corrected chi connectivity index (χ0v) is 16.2. The first kappa shape index (κ1) is 20.3. The Morgan fingerprint density at radius 2 is 1.52 bits per heavy atom. The summed E-state index contributed by atoms with van der Waals surface area (Å²) in [6.45, 7) is 8.99. The first-order valence-corrected chi connectivity index (χ1v) is 9.05. The predicted molar refractivity (Wildman–Crippen MR) is 106 cm³/mol. The van der Waals surface area contributed by atoms with Crippen LogP contribution >= 0.6 is 0 Å². The number of hydrogen-bond acceptors (Lipinski definition) is 5. The van der Waals surface area contributed by atoms with Crippen LogP contribution in [0.15, 0.2) is 41.5 Å². The van der Waals surface area contributed by atoms with Crippen molar-refractivity contribution in [1.29, 1.82) is 0 Å². The van der Waals surface area contributed by atoms with E-state index in [1.165, 1.54) is 0 Å². The van der Waals surface area contributed by atoms with Gasteiger partial charge in [0.2, 0.25) is 5.75 Å². The summed E-state index contributed by atoms with van der Waals surface area (Å²) in [7, 11) is 0. The number of carbonyl (C=O) groups excluding carboxylic acids is 1. The molecule has 0 saturated carbocycles. The Balaban J connectivity index is 2.21. The molecule has 0 unspecified atom stereocenters. The number of carbonyl (C=O) groups is 1. The average Bonchev–Trinajstić information content (AvgIpc) is 2.66. The van der Waals surface area contributed by atoms with E-state index in [1.807, 2.05) is 52.0 Å². The highest BCUT2D eigenvalue weighted by molar-refractivity contribution is 5.96. The van der Waals surface area contributed by atoms with Crippen molar-refractivity contribution < 1.29 is 19.0 Å². The molecule has 0 radical (unpaired) electrons. The fourth-order valence-electron chi connectivity index (χ4n) is 2.40. The average molecular weight is 370 g/mol. The number of hydrazone groups is 1. The van der Waals surface area contributed by atoms with Gasteiger partial charge in [0.1, 0.15) is 0 Å². The van der Waals surface area contributed by atoms with Crippen LogP contribution in [0.5, 0.6) is 17.2 Å². The normalized spacial score (nSPS) is 10.7. The summed E-state index contributed by atoms with van der Waals surface area (Å²) in [5.41, 5.74) is 4.98. The van der Waals surface area contributed by atoms with Crippen LogP contribution < -0.4 is 19.6 Å². The fraction of sp³-hybridized carbons (Fsp3) is 0.333. The minimum absolute atomic E-state index is 0.358. The van der Waals surface area contributed by atoms with Crippen molar-refractivity contribution in [2.45, 2.75) is 27.7 Å². The van der Waals surface area contributed by atoms with Gasteiger partial charge in [0, 0.05) is 5.56 Å². The van der Waals surface area contributed by atoms with Crippen molar-refractivity contribution in [3.63, 3.8) is 0 Å². The van der Waals surface area contributed by atoms with Crippen molar-refractivity contribution in [1.82, 2.24) is 5.43 Å². The Morgan fingerprint density at radius 3 is 2.04 bits per heavy atom. The number of hydrogen-bond donors (Lipinski definition) is 1. The van der Waals surface area contributed by atoms with Crippen molar-refractivity contribution in [3.8, 4) is 17.2 Å². The third-order valence-corrected chi connectivity index (χ3v) is 3.63. The Kier molecular flexibility index (Phi) is 7.67. The predicted octanol–water partition coefficient (Wildman–Crippen LogP) is 3.96. The molecular weight excluding hydrogens is 344 g/mol. The smallest absolute Gasteiger partial charge is 0.271 e. The fourth-order valence-corrected chi connectivity index (χ4v) is 2.40. The van der Waals surface area contributed by atoms with Crippen LogP contribution in [0, 0.1) is 6.92 Å². The number of aryl methyl sites for hydroxylation is 1. The van der Waals surface area contributed by atoms with Crippen molar-refractivity contribution in [2.75, 3.05) is 19.8 Å². The lowest BCUT2D eigenvalue weighted by molar-refractivity contribution is 0.0954. The van der Waals surface area contributed by atoms with Gasteiger partial charge in [0.15, 0.2) is 11.5 Å². The Bertz CT molecular complexity index is 758. The van der Waals surface area contributed by atoms with E-state index in [0.717, 1.165) is 11.1 Å². The molecule has 0 atom stereocenters. The first-order valence-electron chi connectivity index (χ1n) is 9.05. The molecule has 0 aromatic heterocycles. The van der Waals surface area contributed by atoms with E-state index >= 15 is 0 Å². The summed E-state index contributed by atoms with van der Waals surface area (Å²) in [4.78, 5) is 12.5. The van der Waals surface area contributed by atoms with Gasteiger partial charge in [-0.2, -0.15) is 5.10 Å². The first-order chi connectivity index (χ1) is 13.1. The molecule has 144 valence electrons. The van der Waals surface area contributed by atoms with Gasteiger partial charge in [0.05, 0.1) is 26.0 Å². The SMILES string of the molecule is CCOc1cc(C(=O)N/N=C/c2ccc(C)cc2)cc(OCC)c1OCC.